The molecule has 96 valence electrons. The number of nitrogens with zero attached hydrogens (tertiary/aromatic N) is 1. The minimum Gasteiger partial charge on any atom is -0.292 e. The predicted octanol–water partition coefficient (Wildman–Crippen LogP) is 3.43. The van der Waals surface area contributed by atoms with Crippen molar-refractivity contribution in [3.05, 3.63) is 35.4 Å². The van der Waals surface area contributed by atoms with Crippen LogP contribution in [0.3, 0.4) is 0 Å². The number of hydrogen-bond donors (Lipinski definition) is 0. The summed E-state index contributed by atoms with van der Waals surface area (Å²) >= 11 is 3.12. The van der Waals surface area contributed by atoms with Crippen LogP contribution in [0.2, 0.25) is 0 Å². The molecule has 17 heavy (non-hydrogen) atoms. The molecular formula is C11H12BrF4N. The molecule has 0 N–H and O–H groups in total. The van der Waals surface area contributed by atoms with Gasteiger partial charge in [-0.1, -0.05) is 22.0 Å². The molecule has 0 unspecified atom stereocenters. The van der Waals surface area contributed by atoms with Gasteiger partial charge in [-0.3, -0.25) is 4.90 Å². The van der Waals surface area contributed by atoms with Crippen LogP contribution in [0.4, 0.5) is 17.6 Å². The van der Waals surface area contributed by atoms with Crippen LogP contribution in [-0.4, -0.2) is 29.7 Å². The van der Waals surface area contributed by atoms with Crippen molar-refractivity contribution in [2.75, 3.05) is 18.4 Å². The number of halogens is 5. The molecule has 0 radical (unpaired) electrons. The highest BCUT2D eigenvalue weighted by molar-refractivity contribution is 9.09. The van der Waals surface area contributed by atoms with E-state index in [2.05, 4.69) is 15.9 Å². The first-order valence-corrected chi connectivity index (χ1v) is 6.16. The maximum Gasteiger partial charge on any atom is 0.251 e. The SMILES string of the molecule is Fc1cccc(F)c1CN(CCBr)CC(F)F. The Hall–Kier alpha value is -0.620. The Morgan fingerprint density at radius 2 is 1.76 bits per heavy atom. The number of hydrogen-bond acceptors (Lipinski definition) is 1. The molecule has 0 bridgehead atoms. The summed E-state index contributed by atoms with van der Waals surface area (Å²) in [7, 11) is 0. The van der Waals surface area contributed by atoms with Crippen LogP contribution in [0.5, 0.6) is 0 Å². The van der Waals surface area contributed by atoms with Crippen molar-refractivity contribution in [3.8, 4) is 0 Å². The molecule has 1 rings (SSSR count). The minimum absolute atomic E-state index is 0.158. The summed E-state index contributed by atoms with van der Waals surface area (Å²) in [6, 6.07) is 3.48. The highest BCUT2D eigenvalue weighted by Gasteiger charge is 2.16. The molecule has 1 aromatic rings. The van der Waals surface area contributed by atoms with Crippen molar-refractivity contribution in [3.63, 3.8) is 0 Å². The Bertz CT molecular complexity index is 339. The zero-order valence-electron chi connectivity index (χ0n) is 8.97. The first-order valence-electron chi connectivity index (χ1n) is 5.04. The standard InChI is InChI=1S/C11H12BrF4N/c12-4-5-17(7-11(15)16)6-8-9(13)2-1-3-10(8)14/h1-3,11H,4-7H2. The monoisotopic (exact) mass is 313 g/mol. The van der Waals surface area contributed by atoms with Gasteiger partial charge in [-0.15, -0.1) is 0 Å². The van der Waals surface area contributed by atoms with Gasteiger partial charge in [0.2, 0.25) is 0 Å². The second kappa shape index (κ2) is 6.96. The van der Waals surface area contributed by atoms with Gasteiger partial charge in [-0.25, -0.2) is 17.6 Å². The van der Waals surface area contributed by atoms with Crippen LogP contribution in [0.15, 0.2) is 18.2 Å². The summed E-state index contributed by atoms with van der Waals surface area (Å²) in [6.45, 7) is -0.355. The Balaban J connectivity index is 2.78. The van der Waals surface area contributed by atoms with Crippen LogP contribution in [0, 0.1) is 11.6 Å². The summed E-state index contributed by atoms with van der Waals surface area (Å²) in [5.74, 6) is -1.42. The van der Waals surface area contributed by atoms with Gasteiger partial charge < -0.3 is 0 Å². The van der Waals surface area contributed by atoms with E-state index in [4.69, 9.17) is 0 Å². The maximum atomic E-state index is 13.3. The number of benzene rings is 1. The summed E-state index contributed by atoms with van der Waals surface area (Å²) in [6.07, 6.45) is -2.52. The fraction of sp³-hybridized carbons (Fsp3) is 0.455. The van der Waals surface area contributed by atoms with Gasteiger partial charge in [0.15, 0.2) is 0 Å². The molecular weight excluding hydrogens is 302 g/mol. The molecule has 6 heteroatoms. The van der Waals surface area contributed by atoms with Gasteiger partial charge in [0.25, 0.3) is 6.43 Å². The Kier molecular flexibility index (Phi) is 5.91. The van der Waals surface area contributed by atoms with Gasteiger partial charge in [-0.2, -0.15) is 0 Å². The van der Waals surface area contributed by atoms with E-state index in [0.29, 0.717) is 11.9 Å². The Labute approximate surface area is 106 Å². The van der Waals surface area contributed by atoms with Gasteiger partial charge in [0, 0.05) is 24.0 Å². The van der Waals surface area contributed by atoms with Crippen LogP contribution in [-0.2, 0) is 6.54 Å². The van der Waals surface area contributed by atoms with Gasteiger partial charge in [-0.05, 0) is 12.1 Å². The molecule has 1 aromatic carbocycles. The predicted molar refractivity (Wildman–Crippen MR) is 61.4 cm³/mol. The number of rotatable bonds is 6. The van der Waals surface area contributed by atoms with Crippen molar-refractivity contribution >= 4 is 15.9 Å². The van der Waals surface area contributed by atoms with Crippen LogP contribution >= 0.6 is 15.9 Å². The van der Waals surface area contributed by atoms with Crippen molar-refractivity contribution in [2.24, 2.45) is 0 Å². The molecule has 0 aliphatic rings. The van der Waals surface area contributed by atoms with E-state index in [-0.39, 0.29) is 12.1 Å². The van der Waals surface area contributed by atoms with E-state index in [0.717, 1.165) is 12.1 Å². The molecule has 0 aliphatic carbocycles. The fourth-order valence-corrected chi connectivity index (χ4v) is 1.96. The second-order valence-corrected chi connectivity index (χ2v) is 4.31. The van der Waals surface area contributed by atoms with Crippen LogP contribution in [0.25, 0.3) is 0 Å². The first-order chi connectivity index (χ1) is 8.04. The average molecular weight is 314 g/mol. The van der Waals surface area contributed by atoms with Crippen molar-refractivity contribution < 1.29 is 17.6 Å². The third-order valence-corrected chi connectivity index (χ3v) is 2.60. The molecule has 0 aliphatic heterocycles. The van der Waals surface area contributed by atoms with E-state index in [1.807, 2.05) is 0 Å². The summed E-state index contributed by atoms with van der Waals surface area (Å²) in [5.41, 5.74) is -0.172. The molecule has 0 fully saturated rings. The molecule has 0 saturated heterocycles. The molecule has 0 saturated carbocycles. The highest BCUT2D eigenvalue weighted by atomic mass is 79.9. The third-order valence-electron chi connectivity index (χ3n) is 2.24. The quantitative estimate of drug-likeness (QED) is 0.574. The van der Waals surface area contributed by atoms with Crippen molar-refractivity contribution in [1.29, 1.82) is 0 Å². The van der Waals surface area contributed by atoms with Crippen molar-refractivity contribution in [2.45, 2.75) is 13.0 Å². The Morgan fingerprint density at radius 3 is 2.24 bits per heavy atom. The van der Waals surface area contributed by atoms with Crippen LogP contribution < -0.4 is 0 Å². The van der Waals surface area contributed by atoms with E-state index in [9.17, 15) is 17.6 Å². The summed E-state index contributed by atoms with van der Waals surface area (Å²) in [4.78, 5) is 1.31. The lowest BCUT2D eigenvalue weighted by Gasteiger charge is -2.21. The molecule has 0 aromatic heterocycles. The normalized spacial score (nSPS) is 11.5. The molecule has 0 spiro atoms. The van der Waals surface area contributed by atoms with Crippen molar-refractivity contribution in [1.82, 2.24) is 4.90 Å². The largest absolute Gasteiger partial charge is 0.292 e. The molecule has 0 atom stereocenters. The summed E-state index contributed by atoms with van der Waals surface area (Å²) in [5, 5.41) is 0.468. The van der Waals surface area contributed by atoms with Gasteiger partial charge >= 0.3 is 0 Å². The fourth-order valence-electron chi connectivity index (χ4n) is 1.46. The lowest BCUT2D eigenvalue weighted by atomic mass is 10.2. The lowest BCUT2D eigenvalue weighted by molar-refractivity contribution is 0.0870. The minimum atomic E-state index is -2.52. The van der Waals surface area contributed by atoms with Gasteiger partial charge in [0.1, 0.15) is 11.6 Å². The smallest absolute Gasteiger partial charge is 0.251 e. The Morgan fingerprint density at radius 1 is 1.18 bits per heavy atom. The topological polar surface area (TPSA) is 3.24 Å². The highest BCUT2D eigenvalue weighted by Crippen LogP contribution is 2.15. The zero-order chi connectivity index (χ0) is 12.8. The lowest BCUT2D eigenvalue weighted by Crippen LogP contribution is -2.31. The van der Waals surface area contributed by atoms with E-state index in [1.165, 1.54) is 11.0 Å². The number of alkyl halides is 3. The maximum absolute atomic E-state index is 13.3. The zero-order valence-corrected chi connectivity index (χ0v) is 10.6. The summed E-state index contributed by atoms with van der Waals surface area (Å²) < 4.78 is 51.2. The van der Waals surface area contributed by atoms with Gasteiger partial charge in [0.05, 0.1) is 6.54 Å². The van der Waals surface area contributed by atoms with E-state index >= 15 is 0 Å². The first kappa shape index (κ1) is 14.4. The average Bonchev–Trinajstić information content (AvgIpc) is 2.23. The third kappa shape index (κ3) is 4.63. The van der Waals surface area contributed by atoms with E-state index in [1.54, 1.807) is 0 Å². The molecule has 1 nitrogen and oxygen atoms in total. The molecule has 0 amide bonds. The van der Waals surface area contributed by atoms with E-state index < -0.39 is 24.6 Å². The molecule has 0 heterocycles. The van der Waals surface area contributed by atoms with Crippen LogP contribution in [0.1, 0.15) is 5.56 Å². The second-order valence-electron chi connectivity index (χ2n) is 3.52.